The molecule has 1 atom stereocenters. The van der Waals surface area contributed by atoms with Gasteiger partial charge in [-0.1, -0.05) is 18.2 Å². The summed E-state index contributed by atoms with van der Waals surface area (Å²) in [6.07, 6.45) is 0. The number of ether oxygens (including phenoxy) is 1. The van der Waals surface area contributed by atoms with E-state index >= 15 is 0 Å². The van der Waals surface area contributed by atoms with Gasteiger partial charge in [0, 0.05) is 6.07 Å². The second-order valence-corrected chi connectivity index (χ2v) is 5.61. The van der Waals surface area contributed by atoms with E-state index in [0.717, 1.165) is 17.4 Å². The first-order valence-electron chi connectivity index (χ1n) is 7.16. The summed E-state index contributed by atoms with van der Waals surface area (Å²) in [7, 11) is 0. The van der Waals surface area contributed by atoms with Crippen molar-refractivity contribution in [3.05, 3.63) is 59.7 Å². The molecule has 0 spiro atoms. The van der Waals surface area contributed by atoms with Crippen molar-refractivity contribution in [2.24, 2.45) is 0 Å². The molecule has 2 aromatic rings. The molecule has 2 aromatic carbocycles. The van der Waals surface area contributed by atoms with Gasteiger partial charge in [0.25, 0.3) is 0 Å². The van der Waals surface area contributed by atoms with Gasteiger partial charge >= 0.3 is 0 Å². The zero-order valence-electron chi connectivity index (χ0n) is 12.9. The number of hydrogen-bond donors (Lipinski definition) is 2. The number of hydrogen-bond acceptors (Lipinski definition) is 2. The molecule has 2 N–H and O–H groups in total. The zero-order chi connectivity index (χ0) is 16.8. The van der Waals surface area contributed by atoms with E-state index in [9.17, 15) is 8.78 Å². The van der Waals surface area contributed by atoms with Gasteiger partial charge in [0.15, 0.2) is 5.11 Å². The highest BCUT2D eigenvalue weighted by Gasteiger charge is 2.09. The number of rotatable bonds is 5. The van der Waals surface area contributed by atoms with E-state index in [1.807, 2.05) is 38.1 Å². The van der Waals surface area contributed by atoms with Crippen molar-refractivity contribution in [1.82, 2.24) is 5.32 Å². The molecule has 0 saturated heterocycles. The van der Waals surface area contributed by atoms with Crippen LogP contribution in [0.25, 0.3) is 0 Å². The molecule has 0 aromatic heterocycles. The Balaban J connectivity index is 1.84. The van der Waals surface area contributed by atoms with E-state index in [-0.39, 0.29) is 16.8 Å². The van der Waals surface area contributed by atoms with Gasteiger partial charge < -0.3 is 15.4 Å². The van der Waals surface area contributed by atoms with Gasteiger partial charge in [0.05, 0.1) is 11.7 Å². The number of para-hydroxylation sites is 1. The highest BCUT2D eigenvalue weighted by Crippen LogP contribution is 2.16. The summed E-state index contributed by atoms with van der Waals surface area (Å²) in [5.74, 6) is -0.519. The first kappa shape index (κ1) is 17.1. The summed E-state index contributed by atoms with van der Waals surface area (Å²) < 4.78 is 32.1. The number of anilines is 1. The first-order chi connectivity index (χ1) is 11.0. The summed E-state index contributed by atoms with van der Waals surface area (Å²) in [6, 6.07) is 10.9. The van der Waals surface area contributed by atoms with Crippen LogP contribution in [0.5, 0.6) is 5.75 Å². The Labute approximate surface area is 139 Å². The Kier molecular flexibility index (Phi) is 5.87. The molecular formula is C17H18F2N2OS. The van der Waals surface area contributed by atoms with Gasteiger partial charge in [0.1, 0.15) is 24.0 Å². The van der Waals surface area contributed by atoms with Crippen molar-refractivity contribution in [3.63, 3.8) is 0 Å². The molecule has 122 valence electrons. The minimum Gasteiger partial charge on any atom is -0.491 e. The van der Waals surface area contributed by atoms with E-state index in [4.69, 9.17) is 17.0 Å². The molecule has 2 rings (SSSR count). The summed E-state index contributed by atoms with van der Waals surface area (Å²) >= 11 is 5.12. The molecule has 0 unspecified atom stereocenters. The molecule has 0 saturated carbocycles. The molecule has 0 fully saturated rings. The maximum Gasteiger partial charge on any atom is 0.171 e. The molecule has 6 heteroatoms. The van der Waals surface area contributed by atoms with Crippen LogP contribution in [0.1, 0.15) is 12.5 Å². The Hall–Kier alpha value is -2.21. The fourth-order valence-electron chi connectivity index (χ4n) is 1.95. The van der Waals surface area contributed by atoms with Crippen LogP contribution in [0, 0.1) is 18.6 Å². The van der Waals surface area contributed by atoms with E-state index in [2.05, 4.69) is 10.6 Å². The average molecular weight is 336 g/mol. The van der Waals surface area contributed by atoms with Gasteiger partial charge in [-0.2, -0.15) is 0 Å². The third-order valence-corrected chi connectivity index (χ3v) is 3.36. The minimum absolute atomic E-state index is 0.0851. The van der Waals surface area contributed by atoms with Crippen molar-refractivity contribution < 1.29 is 13.5 Å². The van der Waals surface area contributed by atoms with Crippen LogP contribution in [0.4, 0.5) is 14.5 Å². The molecule has 0 aliphatic rings. The lowest BCUT2D eigenvalue weighted by atomic mass is 10.2. The van der Waals surface area contributed by atoms with Gasteiger partial charge in [-0.15, -0.1) is 0 Å². The van der Waals surface area contributed by atoms with Crippen LogP contribution in [0.15, 0.2) is 42.5 Å². The van der Waals surface area contributed by atoms with E-state index in [1.165, 1.54) is 12.1 Å². The SMILES string of the molecule is Cc1ccccc1OC[C@@H](C)NC(=S)Nc1ccc(F)cc1F. The molecular weight excluding hydrogens is 318 g/mol. The fourth-order valence-corrected chi connectivity index (χ4v) is 2.26. The number of thiocarbonyl (C=S) groups is 1. The third-order valence-electron chi connectivity index (χ3n) is 3.14. The van der Waals surface area contributed by atoms with Crippen molar-refractivity contribution >= 4 is 23.0 Å². The summed E-state index contributed by atoms with van der Waals surface area (Å²) in [5, 5.41) is 5.94. The lowest BCUT2D eigenvalue weighted by Gasteiger charge is -2.18. The van der Waals surface area contributed by atoms with Crippen LogP contribution in [0.3, 0.4) is 0 Å². The second-order valence-electron chi connectivity index (χ2n) is 5.20. The second kappa shape index (κ2) is 7.87. The Morgan fingerprint density at radius 3 is 2.65 bits per heavy atom. The Bertz CT molecular complexity index is 694. The molecule has 0 bridgehead atoms. The smallest absolute Gasteiger partial charge is 0.171 e. The van der Waals surface area contributed by atoms with E-state index in [1.54, 1.807) is 0 Å². The molecule has 3 nitrogen and oxygen atoms in total. The van der Waals surface area contributed by atoms with Gasteiger partial charge in [-0.25, -0.2) is 8.78 Å². The summed E-state index contributed by atoms with van der Waals surface area (Å²) in [6.45, 7) is 4.27. The fraction of sp³-hybridized carbons (Fsp3) is 0.235. The Morgan fingerprint density at radius 2 is 1.96 bits per heavy atom. The lowest BCUT2D eigenvalue weighted by molar-refractivity contribution is 0.285. The quantitative estimate of drug-likeness (QED) is 0.808. The van der Waals surface area contributed by atoms with Gasteiger partial charge in [-0.3, -0.25) is 0 Å². The van der Waals surface area contributed by atoms with E-state index in [0.29, 0.717) is 6.61 Å². The average Bonchev–Trinajstić information content (AvgIpc) is 2.49. The number of halogens is 2. The third kappa shape index (κ3) is 5.17. The van der Waals surface area contributed by atoms with Crippen molar-refractivity contribution in [3.8, 4) is 5.75 Å². The van der Waals surface area contributed by atoms with Crippen molar-refractivity contribution in [2.45, 2.75) is 19.9 Å². The normalized spacial score (nSPS) is 11.7. The van der Waals surface area contributed by atoms with Gasteiger partial charge in [0.2, 0.25) is 0 Å². The van der Waals surface area contributed by atoms with Crippen LogP contribution < -0.4 is 15.4 Å². The summed E-state index contributed by atoms with van der Waals surface area (Å²) in [4.78, 5) is 0. The van der Waals surface area contributed by atoms with Crippen molar-refractivity contribution in [2.75, 3.05) is 11.9 Å². The highest BCUT2D eigenvalue weighted by atomic mass is 32.1. The summed E-state index contributed by atoms with van der Waals surface area (Å²) in [5.41, 5.74) is 1.17. The standard InChI is InChI=1S/C17H18F2N2OS/c1-11-5-3-4-6-16(11)22-10-12(2)20-17(23)21-15-8-7-13(18)9-14(15)19/h3-9,12H,10H2,1-2H3,(H2,20,21,23)/t12-/m1/s1. The molecule has 0 radical (unpaired) electrons. The molecule has 0 aliphatic heterocycles. The van der Waals surface area contributed by atoms with Crippen LogP contribution in [-0.4, -0.2) is 17.8 Å². The van der Waals surface area contributed by atoms with Gasteiger partial charge in [-0.05, 0) is 49.8 Å². The number of aryl methyl sites for hydroxylation is 1. The predicted molar refractivity (Wildman–Crippen MR) is 91.9 cm³/mol. The largest absolute Gasteiger partial charge is 0.491 e. The number of nitrogens with one attached hydrogen (secondary N) is 2. The lowest BCUT2D eigenvalue weighted by Crippen LogP contribution is -2.39. The van der Waals surface area contributed by atoms with Crippen LogP contribution in [0.2, 0.25) is 0 Å². The first-order valence-corrected chi connectivity index (χ1v) is 7.57. The van der Waals surface area contributed by atoms with Crippen LogP contribution >= 0.6 is 12.2 Å². The molecule has 0 aliphatic carbocycles. The monoisotopic (exact) mass is 336 g/mol. The molecule has 23 heavy (non-hydrogen) atoms. The Morgan fingerprint density at radius 1 is 1.22 bits per heavy atom. The predicted octanol–water partition coefficient (Wildman–Crippen LogP) is 4.03. The van der Waals surface area contributed by atoms with Crippen LogP contribution in [-0.2, 0) is 0 Å². The molecule has 0 amide bonds. The maximum absolute atomic E-state index is 13.5. The topological polar surface area (TPSA) is 33.3 Å². The number of benzene rings is 2. The maximum atomic E-state index is 13.5. The zero-order valence-corrected chi connectivity index (χ0v) is 13.7. The van der Waals surface area contributed by atoms with Crippen molar-refractivity contribution in [1.29, 1.82) is 0 Å². The van der Waals surface area contributed by atoms with E-state index < -0.39 is 11.6 Å². The molecule has 0 heterocycles. The highest BCUT2D eigenvalue weighted by molar-refractivity contribution is 7.80. The minimum atomic E-state index is -0.696.